The number of ether oxygens (including phenoxy) is 1. The van der Waals surface area contributed by atoms with E-state index in [-0.39, 0.29) is 5.57 Å². The molecule has 1 aliphatic rings. The number of aliphatic hydroxyl groups excluding tert-OH is 1. The van der Waals surface area contributed by atoms with Gasteiger partial charge in [0.1, 0.15) is 11.8 Å². The predicted octanol–water partition coefficient (Wildman–Crippen LogP) is 4.34. The van der Waals surface area contributed by atoms with E-state index in [4.69, 9.17) is 4.74 Å². The monoisotopic (exact) mass is 435 g/mol. The molecule has 4 rings (SSSR count). The Morgan fingerprint density at radius 2 is 2.03 bits per heavy atom. The van der Waals surface area contributed by atoms with Crippen molar-refractivity contribution in [2.24, 2.45) is 0 Å². The number of hydrogen-bond donors (Lipinski definition) is 1. The lowest BCUT2D eigenvalue weighted by atomic mass is 9.98. The van der Waals surface area contributed by atoms with Gasteiger partial charge in [-0.2, -0.15) is 0 Å². The number of rotatable bonds is 6. The number of Topliss-reactive ketones (excluding diaryl/α,β-unsaturated/α-hetero) is 1. The third-order valence-corrected chi connectivity index (χ3v) is 6.01. The summed E-state index contributed by atoms with van der Waals surface area (Å²) in [5.74, 6) is -1.08. The maximum absolute atomic E-state index is 13.5. The molecule has 0 bridgehead atoms. The molecule has 8 heteroatoms. The molecular weight excluding hydrogens is 414 g/mol. The molecule has 3 heterocycles. The summed E-state index contributed by atoms with van der Waals surface area (Å²) in [4.78, 5) is 37.2. The summed E-state index contributed by atoms with van der Waals surface area (Å²) in [5.41, 5.74) is 1.54. The molecule has 2 aromatic heterocycles. The van der Waals surface area contributed by atoms with Crippen LogP contribution in [0.1, 0.15) is 39.0 Å². The first-order valence-corrected chi connectivity index (χ1v) is 10.6. The Morgan fingerprint density at radius 1 is 1.23 bits per heavy atom. The SMILES string of the molecule is CCOc1cccc(N2C(=O)C(O)=C(C(=O)c3sc(C)nc3C)C2c2ccccn2)c1. The van der Waals surface area contributed by atoms with Crippen molar-refractivity contribution in [3.8, 4) is 5.75 Å². The lowest BCUT2D eigenvalue weighted by molar-refractivity contribution is -0.117. The number of pyridine rings is 1. The van der Waals surface area contributed by atoms with Crippen molar-refractivity contribution in [1.29, 1.82) is 0 Å². The smallest absolute Gasteiger partial charge is 0.294 e. The van der Waals surface area contributed by atoms with E-state index in [1.54, 1.807) is 55.6 Å². The zero-order valence-electron chi connectivity index (χ0n) is 17.3. The second-order valence-corrected chi connectivity index (χ2v) is 8.20. The Morgan fingerprint density at radius 3 is 2.68 bits per heavy atom. The molecule has 1 atom stereocenters. The van der Waals surface area contributed by atoms with Crippen LogP contribution in [0.5, 0.6) is 5.75 Å². The third kappa shape index (κ3) is 3.70. The van der Waals surface area contributed by atoms with Crippen LogP contribution in [0.3, 0.4) is 0 Å². The van der Waals surface area contributed by atoms with E-state index in [0.717, 1.165) is 5.01 Å². The molecule has 31 heavy (non-hydrogen) atoms. The molecule has 0 saturated heterocycles. The van der Waals surface area contributed by atoms with Gasteiger partial charge in [0, 0.05) is 18.0 Å². The minimum absolute atomic E-state index is 0.00253. The summed E-state index contributed by atoms with van der Waals surface area (Å²) >= 11 is 1.24. The number of nitrogens with zero attached hydrogens (tertiary/aromatic N) is 3. The molecule has 0 spiro atoms. The van der Waals surface area contributed by atoms with Gasteiger partial charge in [-0.1, -0.05) is 12.1 Å². The van der Waals surface area contributed by atoms with Gasteiger partial charge in [-0.3, -0.25) is 19.5 Å². The first-order valence-electron chi connectivity index (χ1n) is 9.81. The lowest BCUT2D eigenvalue weighted by Crippen LogP contribution is -2.31. The number of carbonyl (C=O) groups is 2. The van der Waals surface area contributed by atoms with Crippen LogP contribution in [0.2, 0.25) is 0 Å². The molecule has 0 aliphatic carbocycles. The van der Waals surface area contributed by atoms with Crippen LogP contribution >= 0.6 is 11.3 Å². The van der Waals surface area contributed by atoms with Crippen LogP contribution in [0.15, 0.2) is 60.0 Å². The van der Waals surface area contributed by atoms with Crippen LogP contribution in [-0.4, -0.2) is 33.4 Å². The van der Waals surface area contributed by atoms with Crippen molar-refractivity contribution in [3.05, 3.63) is 81.3 Å². The number of carbonyl (C=O) groups excluding carboxylic acids is 2. The predicted molar refractivity (Wildman–Crippen MR) is 118 cm³/mol. The molecule has 0 radical (unpaired) electrons. The Bertz CT molecular complexity index is 1190. The Labute approximate surface area is 183 Å². The second kappa shape index (κ2) is 8.31. The largest absolute Gasteiger partial charge is 0.503 e. The van der Waals surface area contributed by atoms with Crippen molar-refractivity contribution < 1.29 is 19.4 Å². The number of thiazole rings is 1. The number of anilines is 1. The molecule has 158 valence electrons. The van der Waals surface area contributed by atoms with E-state index >= 15 is 0 Å². The van der Waals surface area contributed by atoms with Crippen molar-refractivity contribution in [2.45, 2.75) is 26.8 Å². The maximum Gasteiger partial charge on any atom is 0.294 e. The van der Waals surface area contributed by atoms with Crippen molar-refractivity contribution in [1.82, 2.24) is 9.97 Å². The standard InChI is InChI=1S/C23H21N3O4S/c1-4-30-16-9-7-8-15(12-16)26-19(17-10-5-6-11-24-17)18(21(28)23(26)29)20(27)22-13(2)25-14(3)31-22/h5-12,19,28H,4H2,1-3H3. The summed E-state index contributed by atoms with van der Waals surface area (Å²) < 4.78 is 5.57. The fourth-order valence-electron chi connectivity index (χ4n) is 3.68. The molecule has 1 amide bonds. The normalized spacial score (nSPS) is 16.2. The number of benzene rings is 1. The van der Waals surface area contributed by atoms with Crippen LogP contribution in [0.4, 0.5) is 5.69 Å². The lowest BCUT2D eigenvalue weighted by Gasteiger charge is -2.26. The van der Waals surface area contributed by atoms with E-state index in [2.05, 4.69) is 9.97 Å². The fraction of sp³-hybridized carbons (Fsp3) is 0.217. The Kier molecular flexibility index (Phi) is 5.56. The molecule has 3 aromatic rings. The highest BCUT2D eigenvalue weighted by Crippen LogP contribution is 2.42. The van der Waals surface area contributed by atoms with Crippen LogP contribution in [0.25, 0.3) is 0 Å². The number of aliphatic hydroxyl groups is 1. The summed E-state index contributed by atoms with van der Waals surface area (Å²) in [6.07, 6.45) is 1.59. The van der Waals surface area contributed by atoms with E-state index in [0.29, 0.717) is 34.3 Å². The van der Waals surface area contributed by atoms with Gasteiger partial charge in [-0.25, -0.2) is 4.98 Å². The summed E-state index contributed by atoms with van der Waals surface area (Å²) in [5, 5.41) is 11.6. The second-order valence-electron chi connectivity index (χ2n) is 7.00. The highest BCUT2D eigenvalue weighted by molar-refractivity contribution is 7.14. The van der Waals surface area contributed by atoms with Gasteiger partial charge in [0.25, 0.3) is 5.91 Å². The van der Waals surface area contributed by atoms with Gasteiger partial charge in [0.2, 0.25) is 5.78 Å². The van der Waals surface area contributed by atoms with E-state index in [1.807, 2.05) is 13.8 Å². The maximum atomic E-state index is 13.5. The molecule has 7 nitrogen and oxygen atoms in total. The van der Waals surface area contributed by atoms with Crippen molar-refractivity contribution in [2.75, 3.05) is 11.5 Å². The number of ketones is 1. The van der Waals surface area contributed by atoms with Crippen LogP contribution in [-0.2, 0) is 4.79 Å². The van der Waals surface area contributed by atoms with Crippen LogP contribution in [0, 0.1) is 13.8 Å². The fourth-order valence-corrected chi connectivity index (χ4v) is 4.55. The van der Waals surface area contributed by atoms with E-state index in [1.165, 1.54) is 16.2 Å². The zero-order chi connectivity index (χ0) is 22.1. The topological polar surface area (TPSA) is 92.6 Å². The van der Waals surface area contributed by atoms with Crippen molar-refractivity contribution in [3.63, 3.8) is 0 Å². The highest BCUT2D eigenvalue weighted by Gasteiger charge is 2.46. The quantitative estimate of drug-likeness (QED) is 0.579. The minimum atomic E-state index is -0.875. The molecular formula is C23H21N3O4S. The average Bonchev–Trinajstić information content (AvgIpc) is 3.24. The zero-order valence-corrected chi connectivity index (χ0v) is 18.1. The molecule has 1 aromatic carbocycles. The van der Waals surface area contributed by atoms with Crippen LogP contribution < -0.4 is 9.64 Å². The molecule has 1 unspecified atom stereocenters. The highest BCUT2D eigenvalue weighted by atomic mass is 32.1. The third-order valence-electron chi connectivity index (χ3n) is 4.94. The van der Waals surface area contributed by atoms with Gasteiger partial charge in [0.15, 0.2) is 5.76 Å². The first-order chi connectivity index (χ1) is 14.9. The van der Waals surface area contributed by atoms with Gasteiger partial charge in [0.05, 0.1) is 33.5 Å². The number of aromatic nitrogens is 2. The number of amides is 1. The van der Waals surface area contributed by atoms with Gasteiger partial charge in [-0.05, 0) is 45.0 Å². The minimum Gasteiger partial charge on any atom is -0.503 e. The first kappa shape index (κ1) is 20.7. The average molecular weight is 436 g/mol. The summed E-state index contributed by atoms with van der Waals surface area (Å²) in [6.45, 7) is 5.89. The summed E-state index contributed by atoms with van der Waals surface area (Å²) in [6, 6.07) is 11.4. The molecule has 0 fully saturated rings. The van der Waals surface area contributed by atoms with E-state index < -0.39 is 23.5 Å². The number of hydrogen-bond acceptors (Lipinski definition) is 7. The Balaban J connectivity index is 1.86. The summed E-state index contributed by atoms with van der Waals surface area (Å²) in [7, 11) is 0. The Hall–Kier alpha value is -3.52. The van der Waals surface area contributed by atoms with Gasteiger partial charge in [-0.15, -0.1) is 11.3 Å². The molecule has 1 N–H and O–H groups in total. The van der Waals surface area contributed by atoms with Gasteiger partial charge < -0.3 is 9.84 Å². The molecule has 0 saturated carbocycles. The van der Waals surface area contributed by atoms with Crippen molar-refractivity contribution >= 4 is 28.7 Å². The molecule has 1 aliphatic heterocycles. The van der Waals surface area contributed by atoms with E-state index in [9.17, 15) is 14.7 Å². The number of aryl methyl sites for hydroxylation is 2. The van der Waals surface area contributed by atoms with Gasteiger partial charge >= 0.3 is 0 Å².